The van der Waals surface area contributed by atoms with Crippen LogP contribution in [0.4, 0.5) is 15.8 Å². The summed E-state index contributed by atoms with van der Waals surface area (Å²) in [6, 6.07) is 16.3. The first-order chi connectivity index (χ1) is 14.0. The van der Waals surface area contributed by atoms with Crippen molar-refractivity contribution in [3.8, 4) is 0 Å². The van der Waals surface area contributed by atoms with Crippen LogP contribution >= 0.6 is 0 Å². The number of hydrogen-bond acceptors (Lipinski definition) is 3. The van der Waals surface area contributed by atoms with Crippen molar-refractivity contribution < 1.29 is 18.4 Å². The Kier molecular flexibility index (Phi) is 4.92. The first-order valence-corrected chi connectivity index (χ1v) is 9.48. The maximum absolute atomic E-state index is 14.2. The molecule has 0 N–H and O–H groups in total. The molecule has 0 aliphatic carbocycles. The summed E-state index contributed by atoms with van der Waals surface area (Å²) >= 11 is 0. The average molecular weight is 392 g/mol. The molecule has 1 aliphatic heterocycles. The predicted molar refractivity (Wildman–Crippen MR) is 108 cm³/mol. The van der Waals surface area contributed by atoms with Crippen molar-refractivity contribution in [2.45, 2.75) is 32.4 Å². The van der Waals surface area contributed by atoms with Gasteiger partial charge in [-0.25, -0.2) is 4.39 Å². The van der Waals surface area contributed by atoms with Crippen LogP contribution in [0, 0.1) is 5.82 Å². The SMILES string of the molecule is CC(=O)N(c1ccccc1)C1CC(C)N(C(=O)c2ccco2)c2ccc(F)cc21. The number of rotatable bonds is 3. The van der Waals surface area contributed by atoms with Crippen molar-refractivity contribution in [1.29, 1.82) is 0 Å². The summed E-state index contributed by atoms with van der Waals surface area (Å²) in [7, 11) is 0. The number of nitrogens with zero attached hydrogens (tertiary/aromatic N) is 2. The summed E-state index contributed by atoms with van der Waals surface area (Å²) in [6.07, 6.45) is 1.92. The number of carbonyl (C=O) groups is 2. The maximum Gasteiger partial charge on any atom is 0.294 e. The van der Waals surface area contributed by atoms with Crippen LogP contribution in [0.2, 0.25) is 0 Å². The fraction of sp³-hybridized carbons (Fsp3) is 0.217. The summed E-state index contributed by atoms with van der Waals surface area (Å²) < 4.78 is 19.5. The molecule has 2 aromatic carbocycles. The van der Waals surface area contributed by atoms with Crippen LogP contribution < -0.4 is 9.80 Å². The van der Waals surface area contributed by atoms with Gasteiger partial charge in [0.1, 0.15) is 5.82 Å². The van der Waals surface area contributed by atoms with Crippen LogP contribution in [-0.2, 0) is 4.79 Å². The number of halogens is 1. The Labute approximate surface area is 168 Å². The van der Waals surface area contributed by atoms with Crippen molar-refractivity contribution >= 4 is 23.2 Å². The molecule has 3 aromatic rings. The third-order valence-corrected chi connectivity index (χ3v) is 5.25. The van der Waals surface area contributed by atoms with Crippen LogP contribution in [0.3, 0.4) is 0 Å². The average Bonchev–Trinajstić information content (AvgIpc) is 3.23. The molecular formula is C23H21FN2O3. The minimum absolute atomic E-state index is 0.144. The second-order valence-corrected chi connectivity index (χ2v) is 7.18. The molecule has 0 spiro atoms. The molecule has 2 unspecified atom stereocenters. The van der Waals surface area contributed by atoms with Crippen molar-refractivity contribution in [3.05, 3.63) is 84.1 Å². The van der Waals surface area contributed by atoms with E-state index >= 15 is 0 Å². The number of hydrogen-bond donors (Lipinski definition) is 0. The van der Waals surface area contributed by atoms with Gasteiger partial charge in [-0.15, -0.1) is 0 Å². The lowest BCUT2D eigenvalue weighted by Gasteiger charge is -2.43. The highest BCUT2D eigenvalue weighted by atomic mass is 19.1. The van der Waals surface area contributed by atoms with E-state index in [1.54, 1.807) is 28.0 Å². The first-order valence-electron chi connectivity index (χ1n) is 9.48. The molecule has 0 saturated heterocycles. The highest BCUT2D eigenvalue weighted by Crippen LogP contribution is 2.43. The van der Waals surface area contributed by atoms with Crippen LogP contribution in [-0.4, -0.2) is 17.9 Å². The van der Waals surface area contributed by atoms with Gasteiger partial charge >= 0.3 is 0 Å². The lowest BCUT2D eigenvalue weighted by molar-refractivity contribution is -0.117. The molecule has 1 aromatic heterocycles. The van der Waals surface area contributed by atoms with E-state index in [9.17, 15) is 14.0 Å². The van der Waals surface area contributed by atoms with Crippen LogP contribution in [0.1, 0.15) is 42.4 Å². The van der Waals surface area contributed by atoms with E-state index in [-0.39, 0.29) is 23.6 Å². The van der Waals surface area contributed by atoms with Crippen LogP contribution in [0.25, 0.3) is 0 Å². The lowest BCUT2D eigenvalue weighted by atomic mass is 9.89. The molecule has 6 heteroatoms. The molecule has 2 heterocycles. The summed E-state index contributed by atoms with van der Waals surface area (Å²) in [5, 5.41) is 0. The van der Waals surface area contributed by atoms with Gasteiger partial charge in [0, 0.05) is 29.9 Å². The molecule has 0 saturated carbocycles. The minimum Gasteiger partial charge on any atom is -0.459 e. The zero-order valence-corrected chi connectivity index (χ0v) is 16.2. The van der Waals surface area contributed by atoms with Crippen LogP contribution in [0.15, 0.2) is 71.3 Å². The zero-order chi connectivity index (χ0) is 20.5. The van der Waals surface area contributed by atoms with E-state index in [1.165, 1.54) is 25.3 Å². The fourth-order valence-electron chi connectivity index (χ4n) is 4.05. The smallest absolute Gasteiger partial charge is 0.294 e. The van der Waals surface area contributed by atoms with E-state index < -0.39 is 11.9 Å². The maximum atomic E-state index is 14.2. The molecule has 148 valence electrons. The minimum atomic E-state index is -0.412. The number of carbonyl (C=O) groups excluding carboxylic acids is 2. The molecule has 1 aliphatic rings. The largest absolute Gasteiger partial charge is 0.459 e. The Morgan fingerprint density at radius 2 is 1.86 bits per heavy atom. The number of benzene rings is 2. The van der Waals surface area contributed by atoms with Gasteiger partial charge < -0.3 is 14.2 Å². The molecule has 0 fully saturated rings. The van der Waals surface area contributed by atoms with Gasteiger partial charge in [0.05, 0.1) is 12.3 Å². The summed E-state index contributed by atoms with van der Waals surface area (Å²) in [5.41, 5.74) is 1.92. The van der Waals surface area contributed by atoms with Crippen LogP contribution in [0.5, 0.6) is 0 Å². The van der Waals surface area contributed by atoms with E-state index in [0.717, 1.165) is 5.69 Å². The van der Waals surface area contributed by atoms with Crippen molar-refractivity contribution in [2.75, 3.05) is 9.80 Å². The molecule has 5 nitrogen and oxygen atoms in total. The van der Waals surface area contributed by atoms with Gasteiger partial charge in [0.2, 0.25) is 5.91 Å². The second kappa shape index (κ2) is 7.54. The Morgan fingerprint density at radius 1 is 1.10 bits per heavy atom. The third kappa shape index (κ3) is 3.42. The standard InChI is InChI=1S/C23H21FN2O3/c1-15-13-21(26(16(2)27)18-7-4-3-5-8-18)19-14-17(24)10-11-20(19)25(15)23(28)22-9-6-12-29-22/h3-12,14-15,21H,13H2,1-2H3. The number of furan rings is 1. The zero-order valence-electron chi connectivity index (χ0n) is 16.2. The Hall–Kier alpha value is -3.41. The van der Waals surface area contributed by atoms with E-state index in [2.05, 4.69) is 0 Å². The molecule has 2 amide bonds. The highest BCUT2D eigenvalue weighted by Gasteiger charge is 2.39. The highest BCUT2D eigenvalue weighted by molar-refractivity contribution is 6.06. The number of para-hydroxylation sites is 1. The lowest BCUT2D eigenvalue weighted by Crippen LogP contribution is -2.47. The van der Waals surface area contributed by atoms with Crippen molar-refractivity contribution in [2.24, 2.45) is 0 Å². The fourth-order valence-corrected chi connectivity index (χ4v) is 4.05. The summed E-state index contributed by atoms with van der Waals surface area (Å²) in [4.78, 5) is 28.9. The Bertz CT molecular complexity index is 1030. The first kappa shape index (κ1) is 18.9. The van der Waals surface area contributed by atoms with Crippen molar-refractivity contribution in [1.82, 2.24) is 0 Å². The van der Waals surface area contributed by atoms with E-state index in [0.29, 0.717) is 17.7 Å². The van der Waals surface area contributed by atoms with Gasteiger partial charge in [-0.05, 0) is 55.8 Å². The predicted octanol–water partition coefficient (Wildman–Crippen LogP) is 4.95. The van der Waals surface area contributed by atoms with E-state index in [1.807, 2.05) is 37.3 Å². The summed E-state index contributed by atoms with van der Waals surface area (Å²) in [6.45, 7) is 3.42. The quantitative estimate of drug-likeness (QED) is 0.634. The Morgan fingerprint density at radius 3 is 2.52 bits per heavy atom. The second-order valence-electron chi connectivity index (χ2n) is 7.18. The number of fused-ring (bicyclic) bond motifs is 1. The number of amides is 2. The third-order valence-electron chi connectivity index (χ3n) is 5.25. The molecule has 4 rings (SSSR count). The Balaban J connectivity index is 1.83. The molecular weight excluding hydrogens is 371 g/mol. The van der Waals surface area contributed by atoms with Gasteiger partial charge in [-0.1, -0.05) is 18.2 Å². The van der Waals surface area contributed by atoms with Gasteiger partial charge in [-0.3, -0.25) is 9.59 Å². The van der Waals surface area contributed by atoms with Crippen molar-refractivity contribution in [3.63, 3.8) is 0 Å². The summed E-state index contributed by atoms with van der Waals surface area (Å²) in [5.74, 6) is -0.625. The molecule has 29 heavy (non-hydrogen) atoms. The number of anilines is 2. The topological polar surface area (TPSA) is 53.8 Å². The normalized spacial score (nSPS) is 18.2. The molecule has 2 atom stereocenters. The van der Waals surface area contributed by atoms with Gasteiger partial charge in [0.15, 0.2) is 5.76 Å². The molecule has 0 bridgehead atoms. The van der Waals surface area contributed by atoms with Gasteiger partial charge in [0.25, 0.3) is 5.91 Å². The van der Waals surface area contributed by atoms with Gasteiger partial charge in [-0.2, -0.15) is 0 Å². The van der Waals surface area contributed by atoms with E-state index in [4.69, 9.17) is 4.42 Å². The monoisotopic (exact) mass is 392 g/mol. The molecule has 0 radical (unpaired) electrons.